The molecule has 0 fully saturated rings. The van der Waals surface area contributed by atoms with Gasteiger partial charge in [0.05, 0.1) is 0 Å². The van der Waals surface area contributed by atoms with Gasteiger partial charge < -0.3 is 5.11 Å². The Bertz CT molecular complexity index is 141. The van der Waals surface area contributed by atoms with Gasteiger partial charge in [-0.15, -0.1) is 0 Å². The van der Waals surface area contributed by atoms with Crippen LogP contribution in [0.3, 0.4) is 0 Å². The third-order valence-electron chi connectivity index (χ3n) is 1.09. The van der Waals surface area contributed by atoms with Gasteiger partial charge in [-0.05, 0) is 18.9 Å². The van der Waals surface area contributed by atoms with Gasteiger partial charge in [0, 0.05) is 0 Å². The average Bonchev–Trinajstić information content (AvgIpc) is 1.88. The third-order valence-corrected chi connectivity index (χ3v) is 1.09. The molecule has 0 aliphatic rings. The summed E-state index contributed by atoms with van der Waals surface area (Å²) in [5.74, 6) is -2.52. The number of carboxylic acids is 1. The van der Waals surface area contributed by atoms with Crippen molar-refractivity contribution in [3.05, 3.63) is 11.9 Å². The fraction of sp³-hybridized carbons (Fsp3) is 0.571. The minimum absolute atomic E-state index is 0.509. The van der Waals surface area contributed by atoms with Gasteiger partial charge >= 0.3 is 5.97 Å². The summed E-state index contributed by atoms with van der Waals surface area (Å²) in [5, 5.41) is 8.04. The third kappa shape index (κ3) is 4.06. The molecule has 58 valence electrons. The molecule has 0 rings (SSSR count). The minimum Gasteiger partial charge on any atom is -0.476 e. The van der Waals surface area contributed by atoms with E-state index in [1.165, 1.54) is 0 Å². The molecule has 3 heteroatoms. The molecule has 1 N–H and O–H groups in total. The second-order valence-corrected chi connectivity index (χ2v) is 2.00. The molecule has 0 saturated carbocycles. The van der Waals surface area contributed by atoms with E-state index in [4.69, 9.17) is 5.11 Å². The molecule has 0 saturated heterocycles. The zero-order valence-electron chi connectivity index (χ0n) is 5.93. The quantitative estimate of drug-likeness (QED) is 0.487. The van der Waals surface area contributed by atoms with Gasteiger partial charge in [-0.25, -0.2) is 4.79 Å². The van der Waals surface area contributed by atoms with E-state index in [-0.39, 0.29) is 0 Å². The van der Waals surface area contributed by atoms with Crippen molar-refractivity contribution < 1.29 is 14.3 Å². The van der Waals surface area contributed by atoms with Gasteiger partial charge in [0.2, 0.25) is 5.83 Å². The predicted octanol–water partition coefficient (Wildman–Crippen LogP) is 2.11. The lowest BCUT2D eigenvalue weighted by Gasteiger charge is -1.88. The first-order valence-electron chi connectivity index (χ1n) is 3.27. The first-order valence-corrected chi connectivity index (χ1v) is 3.27. The minimum atomic E-state index is -1.48. The highest BCUT2D eigenvalue weighted by atomic mass is 19.1. The number of aliphatic carboxylic acids is 1. The lowest BCUT2D eigenvalue weighted by Crippen LogP contribution is -1.93. The van der Waals surface area contributed by atoms with Gasteiger partial charge in [-0.3, -0.25) is 0 Å². The van der Waals surface area contributed by atoms with Crippen LogP contribution in [0.4, 0.5) is 4.39 Å². The normalized spacial score (nSPS) is 11.6. The summed E-state index contributed by atoms with van der Waals surface area (Å²) in [6.45, 7) is 1.96. The molecule has 0 aliphatic carbocycles. The van der Waals surface area contributed by atoms with E-state index in [9.17, 15) is 9.18 Å². The van der Waals surface area contributed by atoms with Crippen molar-refractivity contribution in [3.63, 3.8) is 0 Å². The highest BCUT2D eigenvalue weighted by Crippen LogP contribution is 2.02. The highest BCUT2D eigenvalue weighted by molar-refractivity contribution is 5.83. The molecular formula is C7H11FO2. The van der Waals surface area contributed by atoms with E-state index in [1.54, 1.807) is 0 Å². The molecule has 2 nitrogen and oxygen atoms in total. The zero-order chi connectivity index (χ0) is 7.98. The van der Waals surface area contributed by atoms with Crippen molar-refractivity contribution in [1.29, 1.82) is 0 Å². The van der Waals surface area contributed by atoms with Crippen LogP contribution in [0.5, 0.6) is 0 Å². The van der Waals surface area contributed by atoms with Crippen molar-refractivity contribution >= 4 is 5.97 Å². The van der Waals surface area contributed by atoms with Crippen molar-refractivity contribution in [2.45, 2.75) is 26.2 Å². The Morgan fingerprint density at radius 2 is 2.30 bits per heavy atom. The van der Waals surface area contributed by atoms with Gasteiger partial charge in [0.15, 0.2) is 0 Å². The van der Waals surface area contributed by atoms with Gasteiger partial charge in [0.25, 0.3) is 0 Å². The standard InChI is InChI=1S/C7H11FO2/c1-2-3-4-5-6(8)7(9)10/h5H,2-4H2,1H3,(H,9,10)/b6-5-. The number of hydrogen-bond acceptors (Lipinski definition) is 1. The van der Waals surface area contributed by atoms with Crippen molar-refractivity contribution in [1.82, 2.24) is 0 Å². The summed E-state index contributed by atoms with van der Waals surface area (Å²) in [5.41, 5.74) is 0. The largest absolute Gasteiger partial charge is 0.476 e. The maximum Gasteiger partial charge on any atom is 0.364 e. The second-order valence-electron chi connectivity index (χ2n) is 2.00. The van der Waals surface area contributed by atoms with Crippen molar-refractivity contribution in [2.75, 3.05) is 0 Å². The average molecular weight is 146 g/mol. The number of unbranched alkanes of at least 4 members (excludes halogenated alkanes) is 2. The maximum atomic E-state index is 12.1. The first-order chi connectivity index (χ1) is 4.68. The molecule has 0 bridgehead atoms. The van der Waals surface area contributed by atoms with Crippen LogP contribution >= 0.6 is 0 Å². The summed E-state index contributed by atoms with van der Waals surface area (Å²) in [4.78, 5) is 9.85. The summed E-state index contributed by atoms with van der Waals surface area (Å²) in [6, 6.07) is 0. The van der Waals surface area contributed by atoms with Gasteiger partial charge in [-0.1, -0.05) is 13.3 Å². The number of rotatable bonds is 4. The Hall–Kier alpha value is -0.860. The molecule has 0 amide bonds. The van der Waals surface area contributed by atoms with E-state index in [1.807, 2.05) is 6.92 Å². The second kappa shape index (κ2) is 4.97. The number of carboxylic acid groups (broad SMARTS) is 1. The Morgan fingerprint density at radius 3 is 2.70 bits per heavy atom. The van der Waals surface area contributed by atoms with Crippen molar-refractivity contribution in [3.8, 4) is 0 Å². The van der Waals surface area contributed by atoms with E-state index < -0.39 is 11.8 Å². The van der Waals surface area contributed by atoms with Crippen molar-refractivity contribution in [2.24, 2.45) is 0 Å². The Kier molecular flexibility index (Phi) is 4.54. The lowest BCUT2D eigenvalue weighted by molar-refractivity contribution is -0.134. The van der Waals surface area contributed by atoms with Crippen LogP contribution in [0.25, 0.3) is 0 Å². The monoisotopic (exact) mass is 146 g/mol. The molecule has 0 spiro atoms. The molecular weight excluding hydrogens is 135 g/mol. The Labute approximate surface area is 59.4 Å². The summed E-state index contributed by atoms with van der Waals surface area (Å²) >= 11 is 0. The van der Waals surface area contributed by atoms with Crippen LogP contribution in [0.1, 0.15) is 26.2 Å². The molecule has 0 radical (unpaired) electrons. The predicted molar refractivity (Wildman–Crippen MR) is 36.4 cm³/mol. The highest BCUT2D eigenvalue weighted by Gasteiger charge is 2.02. The van der Waals surface area contributed by atoms with Crippen LogP contribution in [0.2, 0.25) is 0 Å². The molecule has 0 aromatic carbocycles. The molecule has 0 aliphatic heterocycles. The Morgan fingerprint density at radius 1 is 1.70 bits per heavy atom. The maximum absolute atomic E-state index is 12.1. The molecule has 0 atom stereocenters. The van der Waals surface area contributed by atoms with E-state index >= 15 is 0 Å². The van der Waals surface area contributed by atoms with Gasteiger partial charge in [-0.2, -0.15) is 4.39 Å². The van der Waals surface area contributed by atoms with E-state index in [0.717, 1.165) is 18.9 Å². The zero-order valence-corrected chi connectivity index (χ0v) is 5.93. The molecule has 10 heavy (non-hydrogen) atoms. The van der Waals surface area contributed by atoms with Crippen LogP contribution in [0, 0.1) is 0 Å². The Balaban J connectivity index is 3.58. The fourth-order valence-electron chi connectivity index (χ4n) is 0.520. The molecule has 0 aromatic rings. The van der Waals surface area contributed by atoms with Crippen LogP contribution in [-0.4, -0.2) is 11.1 Å². The summed E-state index contributed by atoms with van der Waals surface area (Å²) in [7, 11) is 0. The van der Waals surface area contributed by atoms with Gasteiger partial charge in [0.1, 0.15) is 0 Å². The molecule has 0 aromatic heterocycles. The van der Waals surface area contributed by atoms with E-state index in [0.29, 0.717) is 6.42 Å². The lowest BCUT2D eigenvalue weighted by atomic mass is 10.2. The molecule has 0 unspecified atom stereocenters. The first kappa shape index (κ1) is 9.14. The number of halogens is 1. The summed E-state index contributed by atoms with van der Waals surface area (Å²) < 4.78 is 12.1. The van der Waals surface area contributed by atoms with E-state index in [2.05, 4.69) is 0 Å². The smallest absolute Gasteiger partial charge is 0.364 e. The number of allylic oxidation sites excluding steroid dienone is 1. The fourth-order valence-corrected chi connectivity index (χ4v) is 0.520. The number of hydrogen-bond donors (Lipinski definition) is 1. The topological polar surface area (TPSA) is 37.3 Å². The molecule has 0 heterocycles. The summed E-state index contributed by atoms with van der Waals surface area (Å²) in [6.07, 6.45) is 3.39. The SMILES string of the molecule is CCCC/C=C(\F)C(=O)O. The van der Waals surface area contributed by atoms with Crippen LogP contribution in [-0.2, 0) is 4.79 Å². The number of carbonyl (C=O) groups is 1. The van der Waals surface area contributed by atoms with Crippen LogP contribution in [0.15, 0.2) is 11.9 Å². The van der Waals surface area contributed by atoms with Crippen LogP contribution < -0.4 is 0 Å².